The smallest absolute Gasteiger partial charge is 0.267 e. The summed E-state index contributed by atoms with van der Waals surface area (Å²) in [4.78, 5) is 24.7. The summed E-state index contributed by atoms with van der Waals surface area (Å²) in [6.45, 7) is 0. The summed E-state index contributed by atoms with van der Waals surface area (Å²) >= 11 is 0. The van der Waals surface area contributed by atoms with Crippen LogP contribution >= 0.6 is 0 Å². The number of pyridine rings is 1. The molecule has 0 saturated carbocycles. The van der Waals surface area contributed by atoms with Crippen molar-refractivity contribution in [1.82, 2.24) is 4.98 Å². The topological polar surface area (TPSA) is 54.7 Å². The van der Waals surface area contributed by atoms with Gasteiger partial charge in [-0.25, -0.2) is 9.98 Å². The largest absolute Gasteiger partial charge is 0.277 e. The Balaban J connectivity index is 1.72. The number of aromatic nitrogens is 1. The first-order chi connectivity index (χ1) is 11.8. The van der Waals surface area contributed by atoms with Crippen LogP contribution in [-0.2, 0) is 0 Å². The highest BCUT2D eigenvalue weighted by Crippen LogP contribution is 2.09. The molecule has 24 heavy (non-hydrogen) atoms. The maximum Gasteiger partial charge on any atom is 0.277 e. The molecule has 2 aromatic carbocycles. The fourth-order valence-electron chi connectivity index (χ4n) is 2.05. The van der Waals surface area contributed by atoms with Crippen molar-refractivity contribution in [3.63, 3.8) is 0 Å². The van der Waals surface area contributed by atoms with E-state index in [-0.39, 0.29) is 5.91 Å². The minimum absolute atomic E-state index is 0.291. The van der Waals surface area contributed by atoms with Gasteiger partial charge >= 0.3 is 0 Å². The molecule has 1 heterocycles. The molecule has 4 heteroatoms. The van der Waals surface area contributed by atoms with Crippen molar-refractivity contribution in [1.29, 1.82) is 0 Å². The van der Waals surface area contributed by atoms with Gasteiger partial charge in [-0.2, -0.15) is 0 Å². The molecule has 4 nitrogen and oxygen atoms in total. The van der Waals surface area contributed by atoms with Crippen molar-refractivity contribution in [3.05, 3.63) is 95.8 Å². The highest BCUT2D eigenvalue weighted by Gasteiger charge is 2.01. The molecule has 0 bridgehead atoms. The monoisotopic (exact) mass is 313 g/mol. The Kier molecular flexibility index (Phi) is 5.00. The van der Waals surface area contributed by atoms with E-state index in [2.05, 4.69) is 15.0 Å². The molecule has 0 unspecified atom stereocenters. The van der Waals surface area contributed by atoms with E-state index in [9.17, 15) is 4.79 Å². The summed E-state index contributed by atoms with van der Waals surface area (Å²) in [5.74, 6) is -0.291. The lowest BCUT2D eigenvalue weighted by molar-refractivity contribution is 0.100. The molecule has 0 radical (unpaired) electrons. The lowest BCUT2D eigenvalue weighted by Crippen LogP contribution is -1.98. The predicted octanol–water partition coefficient (Wildman–Crippen LogP) is 4.09. The molecule has 0 aliphatic heterocycles. The van der Waals surface area contributed by atoms with Gasteiger partial charge in [0.05, 0.1) is 29.5 Å². The second kappa shape index (κ2) is 7.74. The normalized spacial score (nSPS) is 11.2. The van der Waals surface area contributed by atoms with E-state index >= 15 is 0 Å². The third-order valence-electron chi connectivity index (χ3n) is 3.23. The van der Waals surface area contributed by atoms with E-state index < -0.39 is 0 Å². The predicted molar refractivity (Wildman–Crippen MR) is 96.3 cm³/mol. The number of nitrogens with zero attached hydrogens (tertiary/aromatic N) is 3. The maximum atomic E-state index is 12.0. The minimum Gasteiger partial charge on any atom is -0.267 e. The van der Waals surface area contributed by atoms with Gasteiger partial charge < -0.3 is 0 Å². The number of carbonyl (C=O) groups excluding carboxylic acids is 1. The van der Waals surface area contributed by atoms with E-state index in [0.29, 0.717) is 17.0 Å². The number of aliphatic imine (C=N–C) groups is 2. The average Bonchev–Trinajstić information content (AvgIpc) is 2.66. The van der Waals surface area contributed by atoms with E-state index in [0.717, 1.165) is 5.69 Å². The molecule has 1 amide bonds. The van der Waals surface area contributed by atoms with Crippen LogP contribution in [0.4, 0.5) is 5.69 Å². The van der Waals surface area contributed by atoms with E-state index in [4.69, 9.17) is 0 Å². The molecular weight excluding hydrogens is 298 g/mol. The first-order valence-electron chi connectivity index (χ1n) is 7.51. The molecule has 0 aliphatic carbocycles. The number of hydrogen-bond acceptors (Lipinski definition) is 3. The summed E-state index contributed by atoms with van der Waals surface area (Å²) in [7, 11) is 0. The van der Waals surface area contributed by atoms with Gasteiger partial charge in [0.2, 0.25) is 0 Å². The van der Waals surface area contributed by atoms with Gasteiger partial charge in [-0.15, -0.1) is 0 Å². The Morgan fingerprint density at radius 3 is 2.08 bits per heavy atom. The highest BCUT2D eigenvalue weighted by molar-refractivity contribution is 6.01. The van der Waals surface area contributed by atoms with Crippen molar-refractivity contribution in [2.45, 2.75) is 0 Å². The zero-order chi connectivity index (χ0) is 16.6. The number of amides is 1. The van der Waals surface area contributed by atoms with Crippen molar-refractivity contribution in [3.8, 4) is 0 Å². The number of hydrogen-bond donors (Lipinski definition) is 0. The SMILES string of the molecule is O=C(N=Cc1cccc(C=Nc2ccccc2)n1)c1ccccc1. The van der Waals surface area contributed by atoms with Crippen LogP contribution in [0.15, 0.2) is 88.8 Å². The van der Waals surface area contributed by atoms with Gasteiger partial charge in [0.1, 0.15) is 0 Å². The second-order valence-corrected chi connectivity index (χ2v) is 5.01. The van der Waals surface area contributed by atoms with Crippen molar-refractivity contribution in [2.75, 3.05) is 0 Å². The molecular formula is C20H15N3O. The standard InChI is InChI=1S/C20H15N3O/c24-20(16-8-3-1-4-9-16)22-15-19-13-7-12-18(23-19)14-21-17-10-5-2-6-11-17/h1-15H. The van der Waals surface area contributed by atoms with Crippen molar-refractivity contribution < 1.29 is 4.79 Å². The first-order valence-corrected chi connectivity index (χ1v) is 7.51. The minimum atomic E-state index is -0.291. The van der Waals surface area contributed by atoms with Crippen LogP contribution in [-0.4, -0.2) is 23.3 Å². The fraction of sp³-hybridized carbons (Fsp3) is 0. The molecule has 0 atom stereocenters. The van der Waals surface area contributed by atoms with Gasteiger partial charge in [0.25, 0.3) is 5.91 Å². The quantitative estimate of drug-likeness (QED) is 0.681. The van der Waals surface area contributed by atoms with Crippen molar-refractivity contribution >= 4 is 24.0 Å². The second-order valence-electron chi connectivity index (χ2n) is 5.01. The van der Waals surface area contributed by atoms with E-state index in [1.54, 1.807) is 24.4 Å². The average molecular weight is 313 g/mol. The van der Waals surface area contributed by atoms with Gasteiger partial charge in [-0.1, -0.05) is 42.5 Å². The lowest BCUT2D eigenvalue weighted by atomic mass is 10.2. The number of para-hydroxylation sites is 1. The summed E-state index contributed by atoms with van der Waals surface area (Å²) in [5.41, 5.74) is 2.72. The summed E-state index contributed by atoms with van der Waals surface area (Å²) in [5, 5.41) is 0. The fourth-order valence-corrected chi connectivity index (χ4v) is 2.05. The molecule has 1 aromatic heterocycles. The Bertz CT molecular complexity index is 872. The van der Waals surface area contributed by atoms with Crippen LogP contribution in [0.2, 0.25) is 0 Å². The van der Waals surface area contributed by atoms with Gasteiger partial charge in [0.15, 0.2) is 0 Å². The van der Waals surface area contributed by atoms with E-state index in [1.807, 2.05) is 60.7 Å². The first kappa shape index (κ1) is 15.5. The Labute approximate surface area is 140 Å². The van der Waals surface area contributed by atoms with Crippen LogP contribution in [0.1, 0.15) is 21.7 Å². The zero-order valence-corrected chi connectivity index (χ0v) is 12.9. The zero-order valence-electron chi connectivity index (χ0n) is 12.9. The van der Waals surface area contributed by atoms with Crippen LogP contribution in [0.5, 0.6) is 0 Å². The Morgan fingerprint density at radius 1 is 0.750 bits per heavy atom. The Hall–Kier alpha value is -3.40. The molecule has 0 saturated heterocycles. The molecule has 0 spiro atoms. The van der Waals surface area contributed by atoms with E-state index in [1.165, 1.54) is 6.21 Å². The number of rotatable bonds is 4. The number of benzene rings is 2. The number of carbonyl (C=O) groups is 1. The molecule has 0 N–H and O–H groups in total. The van der Waals surface area contributed by atoms with Crippen molar-refractivity contribution in [2.24, 2.45) is 9.98 Å². The van der Waals surface area contributed by atoms with Gasteiger partial charge in [-0.05, 0) is 36.4 Å². The summed E-state index contributed by atoms with van der Waals surface area (Å²) in [6.07, 6.45) is 3.15. The molecule has 3 rings (SSSR count). The Morgan fingerprint density at radius 2 is 1.38 bits per heavy atom. The molecule has 3 aromatic rings. The molecule has 0 fully saturated rings. The van der Waals surface area contributed by atoms with Crippen LogP contribution in [0, 0.1) is 0 Å². The van der Waals surface area contributed by atoms with Crippen LogP contribution in [0.25, 0.3) is 0 Å². The molecule has 116 valence electrons. The lowest BCUT2D eigenvalue weighted by Gasteiger charge is -1.97. The molecule has 0 aliphatic rings. The van der Waals surface area contributed by atoms with Gasteiger partial charge in [0, 0.05) is 5.56 Å². The van der Waals surface area contributed by atoms with Gasteiger partial charge in [-0.3, -0.25) is 9.79 Å². The van der Waals surface area contributed by atoms with Crippen LogP contribution in [0.3, 0.4) is 0 Å². The summed E-state index contributed by atoms with van der Waals surface area (Å²) in [6, 6.07) is 24.1. The summed E-state index contributed by atoms with van der Waals surface area (Å²) < 4.78 is 0. The third-order valence-corrected chi connectivity index (χ3v) is 3.23. The highest BCUT2D eigenvalue weighted by atomic mass is 16.1. The maximum absolute atomic E-state index is 12.0. The third kappa shape index (κ3) is 4.30. The van der Waals surface area contributed by atoms with Crippen LogP contribution < -0.4 is 0 Å².